The van der Waals surface area contributed by atoms with E-state index in [1.807, 2.05) is 6.92 Å². The molecule has 160 valence electrons. The number of hydrogen-bond acceptors (Lipinski definition) is 4. The van der Waals surface area contributed by atoms with Crippen molar-refractivity contribution in [2.24, 2.45) is 5.92 Å². The van der Waals surface area contributed by atoms with Crippen LogP contribution in [0.4, 0.5) is 0 Å². The summed E-state index contributed by atoms with van der Waals surface area (Å²) in [6, 6.07) is 1.74. The standard InChI is InChI=1S/C19H24Cl2N2O5S/c1-3-12-10-22(11(2)19(25)26)18(24)17-6-4-5-16(12)23(17)29(27,28)15-8-13(20)7-14(21)9-15/h7-9,11-12,16-17H,3-6,10H2,1-2H3,(H,25,26)/t11-,12-,16+,17-/m0/s1. The molecule has 2 heterocycles. The van der Waals surface area contributed by atoms with E-state index < -0.39 is 40.0 Å². The molecule has 4 atom stereocenters. The van der Waals surface area contributed by atoms with E-state index in [1.165, 1.54) is 34.3 Å². The highest BCUT2D eigenvalue weighted by Crippen LogP contribution is 2.39. The molecule has 2 aliphatic heterocycles. The zero-order chi connectivity index (χ0) is 21.5. The van der Waals surface area contributed by atoms with E-state index in [0.29, 0.717) is 25.7 Å². The van der Waals surface area contributed by atoms with Crippen molar-refractivity contribution >= 4 is 45.1 Å². The molecule has 10 heteroatoms. The van der Waals surface area contributed by atoms with Crippen molar-refractivity contribution in [3.63, 3.8) is 0 Å². The van der Waals surface area contributed by atoms with Crippen molar-refractivity contribution in [2.75, 3.05) is 6.54 Å². The number of nitrogens with zero attached hydrogens (tertiary/aromatic N) is 2. The molecule has 7 nitrogen and oxygen atoms in total. The number of carboxylic acids is 1. The van der Waals surface area contributed by atoms with E-state index in [4.69, 9.17) is 23.2 Å². The highest BCUT2D eigenvalue weighted by atomic mass is 35.5. The molecule has 3 rings (SSSR count). The van der Waals surface area contributed by atoms with Crippen LogP contribution in [-0.2, 0) is 19.6 Å². The normalized spacial score (nSPS) is 26.8. The lowest BCUT2D eigenvalue weighted by molar-refractivity contribution is -0.150. The van der Waals surface area contributed by atoms with Gasteiger partial charge in [0.25, 0.3) is 0 Å². The van der Waals surface area contributed by atoms with Gasteiger partial charge in [0, 0.05) is 22.6 Å². The van der Waals surface area contributed by atoms with E-state index >= 15 is 0 Å². The second kappa shape index (κ2) is 8.41. The van der Waals surface area contributed by atoms with Crippen molar-refractivity contribution in [3.8, 4) is 0 Å². The Morgan fingerprint density at radius 2 is 1.86 bits per heavy atom. The summed E-state index contributed by atoms with van der Waals surface area (Å²) in [4.78, 5) is 26.1. The Morgan fingerprint density at radius 3 is 2.41 bits per heavy atom. The molecule has 1 aromatic carbocycles. The van der Waals surface area contributed by atoms with E-state index in [2.05, 4.69) is 0 Å². The number of carbonyl (C=O) groups is 2. The maximum absolute atomic E-state index is 13.6. The summed E-state index contributed by atoms with van der Waals surface area (Å²) in [5.41, 5.74) is 0. The molecule has 1 aromatic rings. The molecule has 1 amide bonds. The minimum Gasteiger partial charge on any atom is -0.480 e. The summed E-state index contributed by atoms with van der Waals surface area (Å²) < 4.78 is 28.5. The predicted octanol–water partition coefficient (Wildman–Crippen LogP) is 3.25. The van der Waals surface area contributed by atoms with Gasteiger partial charge in [-0.3, -0.25) is 4.79 Å². The Hall–Kier alpha value is -1.35. The van der Waals surface area contributed by atoms with Crippen LogP contribution in [0.15, 0.2) is 23.1 Å². The minimum atomic E-state index is -4.07. The van der Waals surface area contributed by atoms with Crippen molar-refractivity contribution < 1.29 is 23.1 Å². The van der Waals surface area contributed by atoms with Crippen LogP contribution in [0.25, 0.3) is 0 Å². The topological polar surface area (TPSA) is 95.0 Å². The Kier molecular flexibility index (Phi) is 6.48. The molecule has 0 aliphatic carbocycles. The number of carbonyl (C=O) groups excluding carboxylic acids is 1. The van der Waals surface area contributed by atoms with Gasteiger partial charge in [-0.2, -0.15) is 4.31 Å². The smallest absolute Gasteiger partial charge is 0.326 e. The highest BCUT2D eigenvalue weighted by Gasteiger charge is 2.50. The van der Waals surface area contributed by atoms with Crippen LogP contribution in [-0.4, -0.2) is 59.3 Å². The highest BCUT2D eigenvalue weighted by molar-refractivity contribution is 7.89. The van der Waals surface area contributed by atoms with Gasteiger partial charge in [-0.05, 0) is 50.3 Å². The predicted molar refractivity (Wildman–Crippen MR) is 110 cm³/mol. The van der Waals surface area contributed by atoms with Crippen molar-refractivity contribution in [1.82, 2.24) is 9.21 Å². The first-order valence-electron chi connectivity index (χ1n) is 9.60. The Morgan fingerprint density at radius 1 is 1.24 bits per heavy atom. The zero-order valence-electron chi connectivity index (χ0n) is 16.2. The largest absolute Gasteiger partial charge is 0.480 e. The van der Waals surface area contributed by atoms with Gasteiger partial charge < -0.3 is 10.0 Å². The third-order valence-electron chi connectivity index (χ3n) is 5.92. The summed E-state index contributed by atoms with van der Waals surface area (Å²) >= 11 is 12.0. The fourth-order valence-electron chi connectivity index (χ4n) is 4.37. The number of fused-ring (bicyclic) bond motifs is 2. The number of hydrogen-bond donors (Lipinski definition) is 1. The van der Waals surface area contributed by atoms with E-state index in [0.717, 1.165) is 0 Å². The van der Waals surface area contributed by atoms with Gasteiger partial charge in [0.2, 0.25) is 15.9 Å². The van der Waals surface area contributed by atoms with Crippen LogP contribution in [0.2, 0.25) is 10.0 Å². The fraction of sp³-hybridized carbons (Fsp3) is 0.579. The maximum Gasteiger partial charge on any atom is 0.326 e. The van der Waals surface area contributed by atoms with E-state index in [1.54, 1.807) is 0 Å². The number of carboxylic acid groups (broad SMARTS) is 1. The van der Waals surface area contributed by atoms with Crippen molar-refractivity contribution in [1.29, 1.82) is 0 Å². The van der Waals surface area contributed by atoms with Crippen LogP contribution < -0.4 is 0 Å². The van der Waals surface area contributed by atoms with Crippen LogP contribution in [0.1, 0.15) is 39.5 Å². The van der Waals surface area contributed by atoms with Gasteiger partial charge in [-0.1, -0.05) is 36.5 Å². The summed E-state index contributed by atoms with van der Waals surface area (Å²) in [5, 5.41) is 9.83. The average Bonchev–Trinajstić information content (AvgIpc) is 2.72. The second-order valence-electron chi connectivity index (χ2n) is 7.63. The summed E-state index contributed by atoms with van der Waals surface area (Å²) in [7, 11) is -4.07. The summed E-state index contributed by atoms with van der Waals surface area (Å²) in [5.74, 6) is -1.74. The average molecular weight is 463 g/mol. The van der Waals surface area contributed by atoms with Gasteiger partial charge in [0.1, 0.15) is 12.1 Å². The Balaban J connectivity index is 2.12. The monoisotopic (exact) mass is 462 g/mol. The van der Waals surface area contributed by atoms with Crippen LogP contribution in [0.3, 0.4) is 0 Å². The van der Waals surface area contributed by atoms with Crippen LogP contribution in [0.5, 0.6) is 0 Å². The molecule has 0 saturated carbocycles. The molecule has 2 fully saturated rings. The van der Waals surface area contributed by atoms with Gasteiger partial charge >= 0.3 is 5.97 Å². The van der Waals surface area contributed by atoms with E-state index in [9.17, 15) is 23.1 Å². The quantitative estimate of drug-likeness (QED) is 0.724. The number of halogens is 2. The first-order valence-corrected chi connectivity index (χ1v) is 11.8. The molecule has 2 bridgehead atoms. The Bertz CT molecular complexity index is 903. The third-order valence-corrected chi connectivity index (χ3v) is 8.26. The number of piperidine rings is 1. The number of aliphatic carboxylic acids is 1. The van der Waals surface area contributed by atoms with Gasteiger partial charge in [0.15, 0.2) is 0 Å². The molecular weight excluding hydrogens is 439 g/mol. The number of amides is 1. The molecule has 2 aliphatic rings. The summed E-state index contributed by atoms with van der Waals surface area (Å²) in [6.45, 7) is 3.60. The molecule has 2 saturated heterocycles. The first-order chi connectivity index (χ1) is 13.6. The molecule has 0 spiro atoms. The van der Waals surface area contributed by atoms with Gasteiger partial charge in [0.05, 0.1) is 4.90 Å². The molecule has 0 aromatic heterocycles. The number of sulfonamides is 1. The lowest BCUT2D eigenvalue weighted by Gasteiger charge is -2.40. The van der Waals surface area contributed by atoms with Gasteiger partial charge in [-0.15, -0.1) is 0 Å². The zero-order valence-corrected chi connectivity index (χ0v) is 18.5. The van der Waals surface area contributed by atoms with Gasteiger partial charge in [-0.25, -0.2) is 13.2 Å². The first kappa shape index (κ1) is 22.3. The molecule has 29 heavy (non-hydrogen) atoms. The molecular formula is C19H24Cl2N2O5S. The lowest BCUT2D eigenvalue weighted by atomic mass is 9.89. The Labute approximate surface area is 180 Å². The van der Waals surface area contributed by atoms with Crippen molar-refractivity contribution in [2.45, 2.75) is 62.6 Å². The second-order valence-corrected chi connectivity index (χ2v) is 10.3. The van der Waals surface area contributed by atoms with Crippen LogP contribution in [0, 0.1) is 5.92 Å². The lowest BCUT2D eigenvalue weighted by Crippen LogP contribution is -2.55. The van der Waals surface area contributed by atoms with E-state index in [-0.39, 0.29) is 27.4 Å². The molecule has 0 unspecified atom stereocenters. The SMILES string of the molecule is CC[C@H]1CN([C@@H](C)C(=O)O)C(=O)[C@@H]2CCC[C@H]1N2S(=O)(=O)c1cc(Cl)cc(Cl)c1. The maximum atomic E-state index is 13.6. The molecule has 0 radical (unpaired) electrons. The fourth-order valence-corrected chi connectivity index (χ4v) is 6.98. The minimum absolute atomic E-state index is 0.0608. The number of benzene rings is 1. The molecule has 1 N–H and O–H groups in total. The van der Waals surface area contributed by atoms with Crippen molar-refractivity contribution in [3.05, 3.63) is 28.2 Å². The third kappa shape index (κ3) is 4.13. The number of rotatable bonds is 5. The summed E-state index contributed by atoms with van der Waals surface area (Å²) in [6.07, 6.45) is 2.29. The van der Waals surface area contributed by atoms with Crippen LogP contribution >= 0.6 is 23.2 Å².